The van der Waals surface area contributed by atoms with Crippen LogP contribution in [0.15, 0.2) is 48.5 Å². The van der Waals surface area contributed by atoms with Crippen LogP contribution >= 0.6 is 0 Å². The van der Waals surface area contributed by atoms with Gasteiger partial charge in [0.05, 0.1) is 11.8 Å². The Morgan fingerprint density at radius 2 is 1.71 bits per heavy atom. The van der Waals surface area contributed by atoms with Crippen LogP contribution in [0, 0.1) is 25.7 Å². The van der Waals surface area contributed by atoms with Gasteiger partial charge in [-0.05, 0) is 43.0 Å². The monoisotopic (exact) mass is 322 g/mol. The molecule has 0 radical (unpaired) electrons. The first kappa shape index (κ1) is 16.2. The Labute approximate surface area is 142 Å². The number of carbonyl (C=O) groups excluding carboxylic acids is 2. The topological polar surface area (TPSA) is 58.2 Å². The molecular weight excluding hydrogens is 300 g/mol. The van der Waals surface area contributed by atoms with Gasteiger partial charge in [-0.2, -0.15) is 0 Å². The first-order valence-corrected chi connectivity index (χ1v) is 8.24. The van der Waals surface area contributed by atoms with Gasteiger partial charge in [-0.25, -0.2) is 0 Å². The lowest BCUT2D eigenvalue weighted by atomic mass is 10.1. The minimum atomic E-state index is -0.222. The second-order valence-electron chi connectivity index (χ2n) is 6.46. The van der Waals surface area contributed by atoms with E-state index in [1.54, 1.807) is 0 Å². The van der Waals surface area contributed by atoms with Crippen LogP contribution in [0.25, 0.3) is 0 Å². The molecule has 0 aliphatic heterocycles. The number of anilines is 1. The summed E-state index contributed by atoms with van der Waals surface area (Å²) in [6.45, 7) is 4.46. The first-order valence-electron chi connectivity index (χ1n) is 8.24. The van der Waals surface area contributed by atoms with E-state index in [0.29, 0.717) is 13.0 Å². The third-order valence-corrected chi connectivity index (χ3v) is 4.42. The van der Waals surface area contributed by atoms with Crippen LogP contribution in [-0.4, -0.2) is 11.8 Å². The van der Waals surface area contributed by atoms with Crippen LogP contribution in [0.5, 0.6) is 0 Å². The van der Waals surface area contributed by atoms with E-state index in [1.807, 2.05) is 62.4 Å². The van der Waals surface area contributed by atoms with Crippen LogP contribution in [0.2, 0.25) is 0 Å². The lowest BCUT2D eigenvalue weighted by Crippen LogP contribution is -2.27. The smallest absolute Gasteiger partial charge is 0.228 e. The summed E-state index contributed by atoms with van der Waals surface area (Å²) in [5, 5.41) is 5.86. The predicted molar refractivity (Wildman–Crippen MR) is 94.4 cm³/mol. The Bertz CT molecular complexity index is 755. The summed E-state index contributed by atoms with van der Waals surface area (Å²) in [7, 11) is 0. The van der Waals surface area contributed by atoms with E-state index >= 15 is 0 Å². The molecule has 4 nitrogen and oxygen atoms in total. The minimum absolute atomic E-state index is 0.0417. The van der Waals surface area contributed by atoms with Gasteiger partial charge in [0, 0.05) is 12.2 Å². The van der Waals surface area contributed by atoms with Crippen molar-refractivity contribution in [1.82, 2.24) is 5.32 Å². The van der Waals surface area contributed by atoms with Crippen molar-refractivity contribution in [3.63, 3.8) is 0 Å². The highest BCUT2D eigenvalue weighted by molar-refractivity contribution is 5.99. The minimum Gasteiger partial charge on any atom is -0.352 e. The van der Waals surface area contributed by atoms with E-state index < -0.39 is 0 Å². The molecule has 0 bridgehead atoms. The van der Waals surface area contributed by atoms with Crippen LogP contribution in [0.4, 0.5) is 5.69 Å². The lowest BCUT2D eigenvalue weighted by molar-refractivity contribution is -0.125. The summed E-state index contributed by atoms with van der Waals surface area (Å²) < 4.78 is 0. The average molecular weight is 322 g/mol. The summed E-state index contributed by atoms with van der Waals surface area (Å²) in [5.41, 5.74) is 4.02. The lowest BCUT2D eigenvalue weighted by Gasteiger charge is -2.09. The molecule has 4 heteroatoms. The highest BCUT2D eigenvalue weighted by Gasteiger charge is 2.47. The summed E-state index contributed by atoms with van der Waals surface area (Å²) in [5.74, 6) is -0.539. The summed E-state index contributed by atoms with van der Waals surface area (Å²) in [4.78, 5) is 24.5. The number of nitrogens with one attached hydrogen (secondary N) is 2. The molecule has 1 fully saturated rings. The van der Waals surface area contributed by atoms with Gasteiger partial charge in [-0.15, -0.1) is 0 Å². The van der Waals surface area contributed by atoms with Gasteiger partial charge in [0.2, 0.25) is 11.8 Å². The molecule has 2 unspecified atom stereocenters. The standard InChI is InChI=1S/C20H22N2O2/c1-13-8-9-14(2)18(10-13)22-20(24)17-11-16(17)19(23)21-12-15-6-4-3-5-7-15/h3-10,16-17H,11-12H2,1-2H3,(H,21,23)(H,22,24). The average Bonchev–Trinajstić information content (AvgIpc) is 3.38. The fourth-order valence-electron chi connectivity index (χ4n) is 2.79. The van der Waals surface area contributed by atoms with Crippen molar-refractivity contribution < 1.29 is 9.59 Å². The molecular formula is C20H22N2O2. The molecule has 2 aromatic carbocycles. The second-order valence-corrected chi connectivity index (χ2v) is 6.46. The van der Waals surface area contributed by atoms with Gasteiger partial charge in [-0.1, -0.05) is 42.5 Å². The summed E-state index contributed by atoms with van der Waals surface area (Å²) >= 11 is 0. The number of rotatable bonds is 5. The highest BCUT2D eigenvalue weighted by atomic mass is 16.2. The molecule has 0 spiro atoms. The van der Waals surface area contributed by atoms with Crippen LogP contribution in [0.1, 0.15) is 23.1 Å². The Balaban J connectivity index is 1.52. The van der Waals surface area contributed by atoms with Crippen molar-refractivity contribution in [2.75, 3.05) is 5.32 Å². The Morgan fingerprint density at radius 1 is 1.00 bits per heavy atom. The maximum Gasteiger partial charge on any atom is 0.228 e. The van der Waals surface area contributed by atoms with Crippen molar-refractivity contribution in [1.29, 1.82) is 0 Å². The summed E-state index contributed by atoms with van der Waals surface area (Å²) in [6.07, 6.45) is 0.622. The molecule has 24 heavy (non-hydrogen) atoms. The molecule has 0 saturated heterocycles. The van der Waals surface area contributed by atoms with E-state index in [-0.39, 0.29) is 23.7 Å². The highest BCUT2D eigenvalue weighted by Crippen LogP contribution is 2.39. The van der Waals surface area contributed by atoms with Crippen LogP contribution < -0.4 is 10.6 Å². The number of hydrogen-bond donors (Lipinski definition) is 2. The van der Waals surface area contributed by atoms with Crippen molar-refractivity contribution in [3.8, 4) is 0 Å². The third-order valence-electron chi connectivity index (χ3n) is 4.42. The number of hydrogen-bond acceptors (Lipinski definition) is 2. The Morgan fingerprint density at radius 3 is 2.46 bits per heavy atom. The van der Waals surface area contributed by atoms with Gasteiger partial charge < -0.3 is 10.6 Å². The fourth-order valence-corrected chi connectivity index (χ4v) is 2.79. The van der Waals surface area contributed by atoms with Crippen LogP contribution in [0.3, 0.4) is 0 Å². The predicted octanol–water partition coefficient (Wildman–Crippen LogP) is 3.19. The van der Waals surface area contributed by atoms with E-state index in [9.17, 15) is 9.59 Å². The zero-order chi connectivity index (χ0) is 17.1. The molecule has 124 valence electrons. The van der Waals surface area contributed by atoms with Crippen molar-refractivity contribution in [2.24, 2.45) is 11.8 Å². The van der Waals surface area contributed by atoms with Gasteiger partial charge in [0.25, 0.3) is 0 Å². The molecule has 1 saturated carbocycles. The zero-order valence-electron chi connectivity index (χ0n) is 14.0. The zero-order valence-corrected chi connectivity index (χ0v) is 14.0. The Hall–Kier alpha value is -2.62. The molecule has 2 atom stereocenters. The van der Waals surface area contributed by atoms with Crippen molar-refractivity contribution in [2.45, 2.75) is 26.8 Å². The SMILES string of the molecule is Cc1ccc(C)c(NC(=O)C2CC2C(=O)NCc2ccccc2)c1. The number of carbonyl (C=O) groups is 2. The van der Waals surface area contributed by atoms with Crippen molar-refractivity contribution >= 4 is 17.5 Å². The van der Waals surface area contributed by atoms with Gasteiger partial charge in [0.15, 0.2) is 0 Å². The fraction of sp³-hybridized carbons (Fsp3) is 0.300. The van der Waals surface area contributed by atoms with Crippen LogP contribution in [-0.2, 0) is 16.1 Å². The third kappa shape index (κ3) is 3.82. The number of amides is 2. The van der Waals surface area contributed by atoms with Gasteiger partial charge in [0.1, 0.15) is 0 Å². The molecule has 3 rings (SSSR count). The van der Waals surface area contributed by atoms with E-state index in [2.05, 4.69) is 10.6 Å². The number of benzene rings is 2. The molecule has 1 aliphatic rings. The van der Waals surface area contributed by atoms with E-state index in [1.165, 1.54) is 0 Å². The second kappa shape index (κ2) is 6.87. The molecule has 1 aliphatic carbocycles. The molecule has 0 aromatic heterocycles. The van der Waals surface area contributed by atoms with E-state index in [0.717, 1.165) is 22.4 Å². The maximum absolute atomic E-state index is 12.3. The normalized spacial score (nSPS) is 18.8. The first-order chi connectivity index (χ1) is 11.5. The Kier molecular flexibility index (Phi) is 4.65. The molecule has 2 amide bonds. The van der Waals surface area contributed by atoms with E-state index in [4.69, 9.17) is 0 Å². The number of aryl methyl sites for hydroxylation is 2. The largest absolute Gasteiger partial charge is 0.352 e. The van der Waals surface area contributed by atoms with Crippen molar-refractivity contribution in [3.05, 3.63) is 65.2 Å². The van der Waals surface area contributed by atoms with Gasteiger partial charge >= 0.3 is 0 Å². The summed E-state index contributed by atoms with van der Waals surface area (Å²) in [6, 6.07) is 15.7. The molecule has 2 N–H and O–H groups in total. The molecule has 2 aromatic rings. The quantitative estimate of drug-likeness (QED) is 0.888. The maximum atomic E-state index is 12.3. The molecule has 0 heterocycles. The van der Waals surface area contributed by atoms with Gasteiger partial charge in [-0.3, -0.25) is 9.59 Å².